The summed E-state index contributed by atoms with van der Waals surface area (Å²) in [5.74, 6) is 2.87. The average molecular weight is 429 g/mol. The van der Waals surface area contributed by atoms with Gasteiger partial charge in [-0.1, -0.05) is 6.42 Å². The summed E-state index contributed by atoms with van der Waals surface area (Å²) in [4.78, 5) is 32.0. The third kappa shape index (κ3) is 4.30. The van der Waals surface area contributed by atoms with Gasteiger partial charge in [0.15, 0.2) is 0 Å². The van der Waals surface area contributed by atoms with E-state index in [0.29, 0.717) is 19.0 Å². The van der Waals surface area contributed by atoms with Crippen molar-refractivity contribution < 1.29 is 9.59 Å². The highest BCUT2D eigenvalue weighted by atomic mass is 16.2. The fraction of sp³-hybridized carbons (Fsp3) is 0.826. The van der Waals surface area contributed by atoms with Crippen LogP contribution in [-0.4, -0.2) is 80.7 Å². The molecule has 8 heteroatoms. The zero-order chi connectivity index (χ0) is 21.2. The second-order valence-electron chi connectivity index (χ2n) is 9.80. The molecule has 5 rings (SSSR count). The van der Waals surface area contributed by atoms with Crippen LogP contribution >= 0.6 is 0 Å². The van der Waals surface area contributed by atoms with Crippen LogP contribution in [0.3, 0.4) is 0 Å². The Kier molecular flexibility index (Phi) is 6.14. The lowest BCUT2D eigenvalue weighted by molar-refractivity contribution is -0.138. The standard InChI is InChI=1S/C23H36N6O2/c30-22(18-9-15-27(16-10-18)23(31)26-11-4-5-12-26)28-13-6-7-19(17-28)21-25-24-20-8-2-1-3-14-29(20)21/h18-19H,1-17H2. The van der Waals surface area contributed by atoms with Crippen molar-refractivity contribution in [2.45, 2.75) is 76.7 Å². The van der Waals surface area contributed by atoms with E-state index in [4.69, 9.17) is 0 Å². The Morgan fingerprint density at radius 1 is 0.710 bits per heavy atom. The number of nitrogens with zero attached hydrogens (tertiary/aromatic N) is 6. The highest BCUT2D eigenvalue weighted by molar-refractivity contribution is 5.80. The molecule has 0 aromatic carbocycles. The van der Waals surface area contributed by atoms with Gasteiger partial charge in [0.05, 0.1) is 0 Å². The molecule has 4 aliphatic heterocycles. The van der Waals surface area contributed by atoms with E-state index in [2.05, 4.69) is 19.7 Å². The molecule has 0 aliphatic carbocycles. The molecule has 0 radical (unpaired) electrons. The molecule has 1 aromatic rings. The maximum absolute atomic E-state index is 13.3. The molecule has 0 spiro atoms. The molecule has 0 N–H and O–H groups in total. The summed E-state index contributed by atoms with van der Waals surface area (Å²) in [6, 6.07) is 0.175. The molecule has 3 amide bonds. The topological polar surface area (TPSA) is 74.6 Å². The molecule has 1 atom stereocenters. The lowest BCUT2D eigenvalue weighted by Gasteiger charge is -2.38. The van der Waals surface area contributed by atoms with Crippen molar-refractivity contribution in [2.24, 2.45) is 5.92 Å². The van der Waals surface area contributed by atoms with Crippen LogP contribution in [0.2, 0.25) is 0 Å². The van der Waals surface area contributed by atoms with E-state index in [1.807, 2.05) is 9.80 Å². The molecule has 1 aromatic heterocycles. The molecule has 3 fully saturated rings. The van der Waals surface area contributed by atoms with Gasteiger partial charge in [0.25, 0.3) is 0 Å². The van der Waals surface area contributed by atoms with E-state index in [0.717, 1.165) is 89.3 Å². The summed E-state index contributed by atoms with van der Waals surface area (Å²) in [6.07, 6.45) is 10.6. The average Bonchev–Trinajstić information content (AvgIpc) is 3.44. The van der Waals surface area contributed by atoms with Gasteiger partial charge in [0, 0.05) is 64.1 Å². The van der Waals surface area contributed by atoms with Gasteiger partial charge in [0.2, 0.25) is 5.91 Å². The number of amides is 3. The van der Waals surface area contributed by atoms with Crippen LogP contribution in [0.15, 0.2) is 0 Å². The molecule has 5 heterocycles. The van der Waals surface area contributed by atoms with Gasteiger partial charge in [-0.3, -0.25) is 4.79 Å². The third-order valence-corrected chi connectivity index (χ3v) is 7.73. The van der Waals surface area contributed by atoms with Crippen LogP contribution in [0.25, 0.3) is 0 Å². The lowest BCUT2D eigenvalue weighted by atomic mass is 9.92. The van der Waals surface area contributed by atoms with E-state index < -0.39 is 0 Å². The quantitative estimate of drug-likeness (QED) is 0.726. The van der Waals surface area contributed by atoms with Crippen LogP contribution in [0.4, 0.5) is 4.79 Å². The predicted octanol–water partition coefficient (Wildman–Crippen LogP) is 2.64. The summed E-state index contributed by atoms with van der Waals surface area (Å²) in [6.45, 7) is 5.83. The Morgan fingerprint density at radius 2 is 1.42 bits per heavy atom. The number of likely N-dealkylation sites (tertiary alicyclic amines) is 3. The number of urea groups is 1. The van der Waals surface area contributed by atoms with Crippen LogP contribution in [0, 0.1) is 5.92 Å². The largest absolute Gasteiger partial charge is 0.342 e. The second-order valence-corrected chi connectivity index (χ2v) is 9.80. The number of hydrogen-bond acceptors (Lipinski definition) is 4. The number of aromatic nitrogens is 3. The SMILES string of the molecule is O=C(C1CCN(C(=O)N2CCCC2)CC1)N1CCCC(c2nnc3n2CCCCC3)C1. The van der Waals surface area contributed by atoms with Gasteiger partial charge in [-0.2, -0.15) is 0 Å². The fourth-order valence-corrected chi connectivity index (χ4v) is 5.88. The van der Waals surface area contributed by atoms with Gasteiger partial charge in [0.1, 0.15) is 11.6 Å². The monoisotopic (exact) mass is 428 g/mol. The number of fused-ring (bicyclic) bond motifs is 1. The van der Waals surface area contributed by atoms with Gasteiger partial charge < -0.3 is 19.3 Å². The van der Waals surface area contributed by atoms with Crippen molar-refractivity contribution in [3.63, 3.8) is 0 Å². The Hall–Kier alpha value is -2.12. The van der Waals surface area contributed by atoms with Gasteiger partial charge in [-0.25, -0.2) is 4.79 Å². The van der Waals surface area contributed by atoms with Gasteiger partial charge in [-0.15, -0.1) is 10.2 Å². The zero-order valence-corrected chi connectivity index (χ0v) is 18.7. The first-order chi connectivity index (χ1) is 15.2. The first-order valence-electron chi connectivity index (χ1n) is 12.5. The first-order valence-corrected chi connectivity index (χ1v) is 12.5. The zero-order valence-electron chi connectivity index (χ0n) is 18.7. The molecule has 0 bridgehead atoms. The molecule has 4 aliphatic rings. The minimum Gasteiger partial charge on any atom is -0.342 e. The molecular weight excluding hydrogens is 392 g/mol. The number of carbonyl (C=O) groups is 2. The van der Waals surface area contributed by atoms with Crippen LogP contribution < -0.4 is 0 Å². The number of carbonyl (C=O) groups excluding carboxylic acids is 2. The summed E-state index contributed by atoms with van der Waals surface area (Å²) in [7, 11) is 0. The summed E-state index contributed by atoms with van der Waals surface area (Å²) in [5.41, 5.74) is 0. The van der Waals surface area contributed by atoms with E-state index in [1.54, 1.807) is 0 Å². The minimum atomic E-state index is 0.0527. The smallest absolute Gasteiger partial charge is 0.319 e. The molecule has 31 heavy (non-hydrogen) atoms. The molecule has 170 valence electrons. The van der Waals surface area contributed by atoms with Crippen molar-refractivity contribution in [2.75, 3.05) is 39.3 Å². The number of piperidine rings is 2. The second kappa shape index (κ2) is 9.17. The summed E-state index contributed by atoms with van der Waals surface area (Å²) in [5, 5.41) is 9.04. The predicted molar refractivity (Wildman–Crippen MR) is 117 cm³/mol. The summed E-state index contributed by atoms with van der Waals surface area (Å²) < 4.78 is 2.34. The number of hydrogen-bond donors (Lipinski definition) is 0. The van der Waals surface area contributed by atoms with E-state index in [-0.39, 0.29) is 17.9 Å². The van der Waals surface area contributed by atoms with Gasteiger partial charge in [-0.05, 0) is 51.4 Å². The van der Waals surface area contributed by atoms with Crippen molar-refractivity contribution in [1.82, 2.24) is 29.5 Å². The van der Waals surface area contributed by atoms with Crippen LogP contribution in [-0.2, 0) is 17.8 Å². The first kappa shape index (κ1) is 20.8. The fourth-order valence-electron chi connectivity index (χ4n) is 5.88. The Bertz CT molecular complexity index is 794. The number of rotatable bonds is 2. The van der Waals surface area contributed by atoms with E-state index in [9.17, 15) is 9.59 Å². The normalized spacial score (nSPS) is 25.4. The van der Waals surface area contributed by atoms with E-state index in [1.165, 1.54) is 19.3 Å². The Labute approximate surface area is 185 Å². The van der Waals surface area contributed by atoms with Crippen LogP contribution in [0.5, 0.6) is 0 Å². The highest BCUT2D eigenvalue weighted by Gasteiger charge is 2.35. The minimum absolute atomic E-state index is 0.0527. The molecule has 1 unspecified atom stereocenters. The Morgan fingerprint density at radius 3 is 2.23 bits per heavy atom. The molecule has 8 nitrogen and oxygen atoms in total. The maximum atomic E-state index is 13.3. The Balaban J connectivity index is 1.18. The lowest BCUT2D eigenvalue weighted by Crippen LogP contribution is -2.49. The van der Waals surface area contributed by atoms with Gasteiger partial charge >= 0.3 is 6.03 Å². The van der Waals surface area contributed by atoms with Crippen LogP contribution in [0.1, 0.15) is 75.4 Å². The maximum Gasteiger partial charge on any atom is 0.319 e. The molecule has 0 saturated carbocycles. The number of aryl methyl sites for hydroxylation is 1. The third-order valence-electron chi connectivity index (χ3n) is 7.73. The van der Waals surface area contributed by atoms with E-state index >= 15 is 0 Å². The van der Waals surface area contributed by atoms with Crippen molar-refractivity contribution in [3.05, 3.63) is 11.6 Å². The highest BCUT2D eigenvalue weighted by Crippen LogP contribution is 2.30. The van der Waals surface area contributed by atoms with Crippen molar-refractivity contribution in [1.29, 1.82) is 0 Å². The molecule has 3 saturated heterocycles. The summed E-state index contributed by atoms with van der Waals surface area (Å²) >= 11 is 0. The van der Waals surface area contributed by atoms with Crippen molar-refractivity contribution >= 4 is 11.9 Å². The van der Waals surface area contributed by atoms with Crippen molar-refractivity contribution in [3.8, 4) is 0 Å². The molecular formula is C23H36N6O2.